The Morgan fingerprint density at radius 1 is 1.18 bits per heavy atom. The van der Waals surface area contributed by atoms with Gasteiger partial charge in [0.25, 0.3) is 0 Å². The van der Waals surface area contributed by atoms with Crippen molar-refractivity contribution in [2.75, 3.05) is 10.7 Å². The molecule has 0 aromatic rings. The maximum absolute atomic E-state index is 3.62. The molecule has 0 N–H and O–H groups in total. The average molecular weight is 372 g/mol. The van der Waals surface area contributed by atoms with Gasteiger partial charge < -0.3 is 0 Å². The molecule has 2 aliphatic carbocycles. The lowest BCUT2D eigenvalue weighted by atomic mass is 9.71. The summed E-state index contributed by atoms with van der Waals surface area (Å²) in [6, 6.07) is 0. The van der Waals surface area contributed by atoms with E-state index in [-0.39, 0.29) is 5.41 Å². The molecule has 3 heteroatoms. The van der Waals surface area contributed by atoms with E-state index >= 15 is 0 Å². The monoisotopic (exact) mass is 370 g/mol. The highest BCUT2D eigenvalue weighted by atomic mass is 79.9. The van der Waals surface area contributed by atoms with Crippen molar-refractivity contribution in [3.8, 4) is 0 Å². The molecule has 0 radical (unpaired) electrons. The van der Waals surface area contributed by atoms with Gasteiger partial charge in [0.05, 0.1) is 0 Å². The number of thioether (sulfide) groups is 1. The topological polar surface area (TPSA) is 0 Å². The Morgan fingerprint density at radius 2 is 2.06 bits per heavy atom. The van der Waals surface area contributed by atoms with Crippen molar-refractivity contribution in [2.45, 2.75) is 6.42 Å². The maximum Gasteiger partial charge on any atom is 0.0493 e. The van der Waals surface area contributed by atoms with E-state index < -0.39 is 0 Å². The minimum atomic E-state index is 0.139. The van der Waals surface area contributed by atoms with Crippen LogP contribution in [0.1, 0.15) is 6.42 Å². The molecule has 0 amide bonds. The van der Waals surface area contributed by atoms with E-state index in [2.05, 4.69) is 68.3 Å². The third-order valence-corrected chi connectivity index (χ3v) is 6.46. The van der Waals surface area contributed by atoms with E-state index in [1.165, 1.54) is 21.0 Å². The summed E-state index contributed by atoms with van der Waals surface area (Å²) in [5.74, 6) is 0. The predicted molar refractivity (Wildman–Crippen MR) is 83.7 cm³/mol. The molecule has 88 valence electrons. The highest BCUT2D eigenvalue weighted by Crippen LogP contribution is 2.61. The fraction of sp³-hybridized carbons (Fsp3) is 0.286. The highest BCUT2D eigenvalue weighted by molar-refractivity contribution is 9.09. The van der Waals surface area contributed by atoms with Gasteiger partial charge >= 0.3 is 0 Å². The third kappa shape index (κ3) is 1.70. The van der Waals surface area contributed by atoms with Gasteiger partial charge in [-0.2, -0.15) is 0 Å². The molecule has 0 saturated carbocycles. The smallest absolute Gasteiger partial charge is 0.0493 e. The first-order valence-corrected chi connectivity index (χ1v) is 8.67. The molecule has 1 unspecified atom stereocenters. The molecule has 1 spiro atoms. The van der Waals surface area contributed by atoms with E-state index in [1.807, 2.05) is 11.8 Å². The Morgan fingerprint density at radius 3 is 2.82 bits per heavy atom. The van der Waals surface area contributed by atoms with E-state index in [4.69, 9.17) is 0 Å². The normalized spacial score (nSPS) is 30.0. The molecule has 0 aromatic carbocycles. The zero-order valence-electron chi connectivity index (χ0n) is 9.25. The number of halogens is 2. The highest BCUT2D eigenvalue weighted by Gasteiger charge is 2.44. The van der Waals surface area contributed by atoms with Crippen LogP contribution in [0.2, 0.25) is 0 Å². The number of hydrogen-bond acceptors (Lipinski definition) is 1. The quantitative estimate of drug-likeness (QED) is 0.608. The van der Waals surface area contributed by atoms with Gasteiger partial charge in [0.2, 0.25) is 0 Å². The zero-order chi connectivity index (χ0) is 11.9. The molecule has 0 nitrogen and oxygen atoms in total. The van der Waals surface area contributed by atoms with Gasteiger partial charge in [0, 0.05) is 25.9 Å². The number of allylic oxidation sites excluding steroid dienone is 10. The average Bonchev–Trinajstić information content (AvgIpc) is 2.72. The molecule has 1 heterocycles. The summed E-state index contributed by atoms with van der Waals surface area (Å²) < 4.78 is 0. The van der Waals surface area contributed by atoms with Crippen molar-refractivity contribution in [3.05, 3.63) is 57.4 Å². The lowest BCUT2D eigenvalue weighted by Gasteiger charge is -2.33. The summed E-state index contributed by atoms with van der Waals surface area (Å²) in [4.78, 5) is 2.98. The van der Waals surface area contributed by atoms with Gasteiger partial charge in [-0.3, -0.25) is 0 Å². The molecule has 0 aromatic heterocycles. The molecule has 0 saturated heterocycles. The van der Waals surface area contributed by atoms with E-state index in [9.17, 15) is 0 Å². The first-order chi connectivity index (χ1) is 8.31. The lowest BCUT2D eigenvalue weighted by Crippen LogP contribution is -2.22. The summed E-state index contributed by atoms with van der Waals surface area (Å²) in [7, 11) is 0. The van der Waals surface area contributed by atoms with Gasteiger partial charge in [-0.05, 0) is 17.6 Å². The van der Waals surface area contributed by atoms with Gasteiger partial charge in [-0.15, -0.1) is 0 Å². The Labute approximate surface area is 123 Å². The van der Waals surface area contributed by atoms with E-state index in [0.717, 1.165) is 17.1 Å². The number of alkyl halides is 2. The zero-order valence-corrected chi connectivity index (χ0v) is 13.2. The largest absolute Gasteiger partial charge is 0.0962 e. The maximum atomic E-state index is 3.62. The van der Waals surface area contributed by atoms with Crippen LogP contribution in [-0.2, 0) is 0 Å². The molecule has 3 rings (SSSR count). The van der Waals surface area contributed by atoms with Crippen LogP contribution in [0.5, 0.6) is 0 Å². The van der Waals surface area contributed by atoms with Crippen LogP contribution in [0, 0.1) is 5.41 Å². The van der Waals surface area contributed by atoms with E-state index in [0.29, 0.717) is 0 Å². The third-order valence-electron chi connectivity index (χ3n) is 3.48. The Kier molecular flexibility index (Phi) is 3.26. The minimum Gasteiger partial charge on any atom is -0.0962 e. The van der Waals surface area contributed by atoms with Crippen LogP contribution in [0.3, 0.4) is 0 Å². The van der Waals surface area contributed by atoms with Crippen LogP contribution in [0.15, 0.2) is 57.4 Å². The first-order valence-electron chi connectivity index (χ1n) is 5.61. The first kappa shape index (κ1) is 12.1. The molecular weight excluding hydrogens is 360 g/mol. The van der Waals surface area contributed by atoms with Crippen molar-refractivity contribution in [1.82, 2.24) is 0 Å². The predicted octanol–water partition coefficient (Wildman–Crippen LogP) is 5.10. The van der Waals surface area contributed by atoms with Crippen molar-refractivity contribution >= 4 is 43.6 Å². The summed E-state index contributed by atoms with van der Waals surface area (Å²) in [5, 5.41) is 1.89. The number of hydrogen-bond donors (Lipinski definition) is 0. The Balaban J connectivity index is 2.20. The van der Waals surface area contributed by atoms with Gasteiger partial charge in [-0.25, -0.2) is 0 Å². The summed E-state index contributed by atoms with van der Waals surface area (Å²) in [6.07, 6.45) is 14.7. The van der Waals surface area contributed by atoms with Crippen LogP contribution < -0.4 is 0 Å². The second kappa shape index (κ2) is 4.60. The SMILES string of the molecule is BrCC1=C2SC(CBr)=C3C=CC=CC32CC=C1. The van der Waals surface area contributed by atoms with Gasteiger partial charge in [-0.1, -0.05) is 80.1 Å². The van der Waals surface area contributed by atoms with Crippen molar-refractivity contribution in [1.29, 1.82) is 0 Å². The van der Waals surface area contributed by atoms with Crippen molar-refractivity contribution in [2.24, 2.45) is 5.41 Å². The Bertz CT molecular complexity index is 508. The van der Waals surface area contributed by atoms with Crippen LogP contribution in [0.25, 0.3) is 0 Å². The van der Waals surface area contributed by atoms with Crippen LogP contribution in [-0.4, -0.2) is 10.7 Å². The molecule has 1 atom stereocenters. The minimum absolute atomic E-state index is 0.139. The fourth-order valence-electron chi connectivity index (χ4n) is 2.71. The summed E-state index contributed by atoms with van der Waals surface area (Å²) >= 11 is 9.18. The molecule has 17 heavy (non-hydrogen) atoms. The summed E-state index contributed by atoms with van der Waals surface area (Å²) in [6.45, 7) is 0. The standard InChI is InChI=1S/C14H12Br2S/c15-8-10-4-3-7-14-6-2-1-5-11(14)12(9-16)17-13(10)14/h1-6H,7-9H2. The summed E-state index contributed by atoms with van der Waals surface area (Å²) in [5.41, 5.74) is 3.05. The Hall–Kier alpha value is 0.01000. The van der Waals surface area contributed by atoms with Crippen molar-refractivity contribution < 1.29 is 0 Å². The van der Waals surface area contributed by atoms with Gasteiger partial charge in [0.15, 0.2) is 0 Å². The van der Waals surface area contributed by atoms with Crippen LogP contribution >= 0.6 is 43.6 Å². The molecule has 3 aliphatic rings. The molecule has 0 bridgehead atoms. The van der Waals surface area contributed by atoms with E-state index in [1.54, 1.807) is 0 Å². The second-order valence-electron chi connectivity index (χ2n) is 4.36. The fourth-order valence-corrected chi connectivity index (χ4v) is 5.38. The molecular formula is C14H12Br2S. The number of rotatable bonds is 2. The lowest BCUT2D eigenvalue weighted by molar-refractivity contribution is 0.590. The van der Waals surface area contributed by atoms with Gasteiger partial charge in [0.1, 0.15) is 0 Å². The molecule has 0 fully saturated rings. The van der Waals surface area contributed by atoms with Crippen LogP contribution in [0.4, 0.5) is 0 Å². The van der Waals surface area contributed by atoms with Crippen molar-refractivity contribution in [3.63, 3.8) is 0 Å². The second-order valence-corrected chi connectivity index (χ2v) is 6.58. The molecule has 1 aliphatic heterocycles.